The minimum Gasteiger partial charge on any atom is -0.422 e. The Labute approximate surface area is 173 Å². The monoisotopic (exact) mass is 440 g/mol. The summed E-state index contributed by atoms with van der Waals surface area (Å²) in [5.41, 5.74) is 6.41. The summed E-state index contributed by atoms with van der Waals surface area (Å²) < 4.78 is 45.8. The molecule has 1 saturated heterocycles. The number of halogens is 3. The molecule has 1 fully saturated rings. The van der Waals surface area contributed by atoms with Crippen LogP contribution in [0.25, 0.3) is 11.0 Å². The number of hydrogen-bond acceptors (Lipinski definition) is 6. The van der Waals surface area contributed by atoms with Crippen molar-refractivity contribution >= 4 is 34.4 Å². The smallest absolute Gasteiger partial charge is 0.417 e. The highest BCUT2D eigenvalue weighted by Crippen LogP contribution is 2.37. The standard InChI is InChI=1S/C19H19F3N4O5/c20-19(21,22)16-10-4-3-9(6-13(10)31-18(30)11(16)7-14(24)27)25-17(29)12-2-1-5-26(12)15(28)8-23/h3-4,6,12H,1-2,5,7-8,23H2,(H2,24,27)(H,25,29). The zero-order valence-corrected chi connectivity index (χ0v) is 16.1. The van der Waals surface area contributed by atoms with Crippen molar-refractivity contribution in [2.24, 2.45) is 11.5 Å². The topological polar surface area (TPSA) is 149 Å². The van der Waals surface area contributed by atoms with Gasteiger partial charge in [0.25, 0.3) is 0 Å². The molecule has 1 atom stereocenters. The Morgan fingerprint density at radius 2 is 1.97 bits per heavy atom. The molecule has 166 valence electrons. The third-order valence-electron chi connectivity index (χ3n) is 4.95. The molecule has 0 saturated carbocycles. The SMILES string of the molecule is NCC(=O)N1CCCC1C(=O)Nc1ccc2c(C(F)(F)F)c(CC(N)=O)c(=O)oc2c1. The molecule has 0 bridgehead atoms. The molecule has 1 aromatic heterocycles. The molecule has 0 aliphatic carbocycles. The van der Waals surface area contributed by atoms with Crippen LogP contribution in [0.15, 0.2) is 27.4 Å². The van der Waals surface area contributed by atoms with Gasteiger partial charge in [-0.15, -0.1) is 0 Å². The summed E-state index contributed by atoms with van der Waals surface area (Å²) >= 11 is 0. The number of nitrogens with zero attached hydrogens (tertiary/aromatic N) is 1. The Morgan fingerprint density at radius 1 is 1.26 bits per heavy atom. The van der Waals surface area contributed by atoms with Crippen molar-refractivity contribution in [1.29, 1.82) is 0 Å². The average molecular weight is 440 g/mol. The second-order valence-electron chi connectivity index (χ2n) is 7.03. The third kappa shape index (κ3) is 4.53. The largest absolute Gasteiger partial charge is 0.422 e. The predicted molar refractivity (Wildman–Crippen MR) is 103 cm³/mol. The molecule has 3 amide bonds. The number of carbonyl (C=O) groups is 3. The summed E-state index contributed by atoms with van der Waals surface area (Å²) in [7, 11) is 0. The number of benzene rings is 1. The second kappa shape index (κ2) is 8.38. The zero-order valence-electron chi connectivity index (χ0n) is 16.1. The highest BCUT2D eigenvalue weighted by molar-refractivity contribution is 5.99. The van der Waals surface area contributed by atoms with E-state index in [-0.39, 0.29) is 18.1 Å². The van der Waals surface area contributed by atoms with Crippen LogP contribution in [0.4, 0.5) is 18.9 Å². The minimum absolute atomic E-state index is 0.0727. The molecule has 1 aliphatic rings. The minimum atomic E-state index is -4.95. The van der Waals surface area contributed by atoms with E-state index < -0.39 is 58.2 Å². The lowest BCUT2D eigenvalue weighted by atomic mass is 10.0. The number of primary amides is 1. The van der Waals surface area contributed by atoms with Crippen molar-refractivity contribution < 1.29 is 32.0 Å². The fourth-order valence-corrected chi connectivity index (χ4v) is 3.66. The van der Waals surface area contributed by atoms with Crippen molar-refractivity contribution in [3.05, 3.63) is 39.7 Å². The van der Waals surface area contributed by atoms with E-state index in [0.29, 0.717) is 19.4 Å². The van der Waals surface area contributed by atoms with Crippen LogP contribution in [0.2, 0.25) is 0 Å². The van der Waals surface area contributed by atoms with E-state index in [1.165, 1.54) is 11.0 Å². The number of nitrogens with one attached hydrogen (secondary N) is 1. The molecule has 3 rings (SSSR count). The van der Waals surface area contributed by atoms with E-state index in [1.54, 1.807) is 0 Å². The van der Waals surface area contributed by atoms with Crippen LogP contribution in [0, 0.1) is 0 Å². The maximum atomic E-state index is 13.6. The number of amides is 3. The maximum Gasteiger partial charge on any atom is 0.417 e. The van der Waals surface area contributed by atoms with Crippen LogP contribution in [0.1, 0.15) is 24.0 Å². The highest BCUT2D eigenvalue weighted by Gasteiger charge is 2.38. The van der Waals surface area contributed by atoms with Gasteiger partial charge in [-0.1, -0.05) is 0 Å². The van der Waals surface area contributed by atoms with Crippen LogP contribution in [-0.2, 0) is 27.0 Å². The van der Waals surface area contributed by atoms with Gasteiger partial charge < -0.3 is 26.1 Å². The molecule has 2 heterocycles. The zero-order chi connectivity index (χ0) is 22.9. The summed E-state index contributed by atoms with van der Waals surface area (Å²) in [6.45, 7) is 0.122. The molecular formula is C19H19F3N4O5. The van der Waals surface area contributed by atoms with E-state index in [2.05, 4.69) is 5.32 Å². The van der Waals surface area contributed by atoms with Crippen molar-refractivity contribution in [2.45, 2.75) is 31.5 Å². The third-order valence-corrected chi connectivity index (χ3v) is 4.95. The molecule has 31 heavy (non-hydrogen) atoms. The Kier molecular flexibility index (Phi) is 6.02. The summed E-state index contributed by atoms with van der Waals surface area (Å²) in [5.74, 6) is -2.05. The maximum absolute atomic E-state index is 13.6. The Hall–Kier alpha value is -3.41. The molecule has 2 aromatic rings. The second-order valence-corrected chi connectivity index (χ2v) is 7.03. The van der Waals surface area contributed by atoms with E-state index >= 15 is 0 Å². The summed E-state index contributed by atoms with van der Waals surface area (Å²) in [5, 5.41) is 2.06. The molecule has 0 spiro atoms. The quantitative estimate of drug-likeness (QED) is 0.584. The van der Waals surface area contributed by atoms with Gasteiger partial charge in [-0.25, -0.2) is 4.79 Å². The fraction of sp³-hybridized carbons (Fsp3) is 0.368. The highest BCUT2D eigenvalue weighted by atomic mass is 19.4. The number of fused-ring (bicyclic) bond motifs is 1. The lowest BCUT2D eigenvalue weighted by molar-refractivity contribution is -0.137. The van der Waals surface area contributed by atoms with Gasteiger partial charge in [0.2, 0.25) is 17.7 Å². The Bertz CT molecular complexity index is 1110. The number of likely N-dealkylation sites (tertiary alicyclic amines) is 1. The van der Waals surface area contributed by atoms with E-state index in [9.17, 15) is 32.3 Å². The van der Waals surface area contributed by atoms with Gasteiger partial charge in [0.1, 0.15) is 11.6 Å². The first-order valence-corrected chi connectivity index (χ1v) is 9.28. The molecule has 9 nitrogen and oxygen atoms in total. The number of anilines is 1. The summed E-state index contributed by atoms with van der Waals surface area (Å²) in [4.78, 5) is 49.0. The lowest BCUT2D eigenvalue weighted by Crippen LogP contribution is -2.45. The molecule has 1 aliphatic heterocycles. The van der Waals surface area contributed by atoms with Crippen molar-refractivity contribution in [3.63, 3.8) is 0 Å². The molecular weight excluding hydrogens is 421 g/mol. The Balaban J connectivity index is 1.98. The normalized spacial score (nSPS) is 16.5. The number of nitrogens with two attached hydrogens (primary N) is 2. The molecule has 1 unspecified atom stereocenters. The van der Waals surface area contributed by atoms with Crippen molar-refractivity contribution in [3.8, 4) is 0 Å². The lowest BCUT2D eigenvalue weighted by Gasteiger charge is -2.23. The molecule has 1 aromatic carbocycles. The van der Waals surface area contributed by atoms with Crippen LogP contribution >= 0.6 is 0 Å². The first-order valence-electron chi connectivity index (χ1n) is 9.28. The number of hydrogen-bond donors (Lipinski definition) is 3. The summed E-state index contributed by atoms with van der Waals surface area (Å²) in [6.07, 6.45) is -4.86. The van der Waals surface area contributed by atoms with Gasteiger partial charge in [-0.05, 0) is 25.0 Å². The fourth-order valence-electron chi connectivity index (χ4n) is 3.66. The van der Waals surface area contributed by atoms with Crippen LogP contribution in [0.3, 0.4) is 0 Å². The molecule has 0 radical (unpaired) electrons. The van der Waals surface area contributed by atoms with Crippen LogP contribution in [0.5, 0.6) is 0 Å². The van der Waals surface area contributed by atoms with Gasteiger partial charge in [-0.2, -0.15) is 13.2 Å². The van der Waals surface area contributed by atoms with Crippen molar-refractivity contribution in [2.75, 3.05) is 18.4 Å². The van der Waals surface area contributed by atoms with Crippen LogP contribution in [-0.4, -0.2) is 41.8 Å². The molecule has 12 heteroatoms. The average Bonchev–Trinajstić information content (AvgIpc) is 3.16. The van der Waals surface area contributed by atoms with Gasteiger partial charge >= 0.3 is 11.8 Å². The van der Waals surface area contributed by atoms with Gasteiger partial charge in [0, 0.05) is 23.7 Å². The number of rotatable bonds is 5. The van der Waals surface area contributed by atoms with Crippen LogP contribution < -0.4 is 22.4 Å². The van der Waals surface area contributed by atoms with E-state index in [0.717, 1.165) is 12.1 Å². The van der Waals surface area contributed by atoms with E-state index in [4.69, 9.17) is 15.9 Å². The first-order chi connectivity index (χ1) is 14.5. The van der Waals surface area contributed by atoms with Crippen molar-refractivity contribution in [1.82, 2.24) is 4.90 Å². The molecule has 5 N–H and O–H groups in total. The predicted octanol–water partition coefficient (Wildman–Crippen LogP) is 0.728. The van der Waals surface area contributed by atoms with Gasteiger partial charge in [0.15, 0.2) is 0 Å². The van der Waals surface area contributed by atoms with Gasteiger partial charge in [-0.3, -0.25) is 14.4 Å². The number of alkyl halides is 3. The van der Waals surface area contributed by atoms with E-state index in [1.807, 2.05) is 0 Å². The number of carbonyl (C=O) groups excluding carboxylic acids is 3. The van der Waals surface area contributed by atoms with Gasteiger partial charge in [0.05, 0.1) is 24.1 Å². The Morgan fingerprint density at radius 3 is 2.58 bits per heavy atom. The summed E-state index contributed by atoms with van der Waals surface area (Å²) in [6, 6.07) is 2.54. The first kappa shape index (κ1) is 22.3.